The van der Waals surface area contributed by atoms with Crippen LogP contribution in [0.15, 0.2) is 48.5 Å². The minimum absolute atomic E-state index is 0.0197. The third kappa shape index (κ3) is 5.75. The number of carbonyl (C=O) groups excluding carboxylic acids is 2. The van der Waals surface area contributed by atoms with Crippen LogP contribution in [0.25, 0.3) is 0 Å². The van der Waals surface area contributed by atoms with E-state index in [4.69, 9.17) is 27.9 Å². The van der Waals surface area contributed by atoms with Crippen LogP contribution in [-0.2, 0) is 9.53 Å². The fourth-order valence-corrected chi connectivity index (χ4v) is 4.04. The summed E-state index contributed by atoms with van der Waals surface area (Å²) in [6.07, 6.45) is 1.37. The molecule has 160 valence electrons. The fraction of sp³-hybridized carbons (Fsp3) is 0.391. The first-order valence-electron chi connectivity index (χ1n) is 10.1. The molecule has 0 spiro atoms. The standard InChI is InChI=1S/C23H26Cl2N2O3/c1-14(2)21(27-22(28)18-9-8-16(24)12-19(18)25)23(29)26-17-10-11-30-20(13-17)15-6-4-3-5-7-15/h3-9,12,14,17,20-21H,10-11,13H2,1-2H3,(H,26,29)(H,27,28). The van der Waals surface area contributed by atoms with Gasteiger partial charge in [0.15, 0.2) is 0 Å². The van der Waals surface area contributed by atoms with Gasteiger partial charge >= 0.3 is 0 Å². The lowest BCUT2D eigenvalue weighted by Gasteiger charge is -2.32. The SMILES string of the molecule is CC(C)C(NC(=O)c1ccc(Cl)cc1Cl)C(=O)NC1CCOC(c2ccccc2)C1. The molecule has 3 rings (SSSR count). The van der Waals surface area contributed by atoms with Crippen molar-refractivity contribution in [2.75, 3.05) is 6.61 Å². The summed E-state index contributed by atoms with van der Waals surface area (Å²) in [7, 11) is 0. The van der Waals surface area contributed by atoms with Crippen molar-refractivity contribution < 1.29 is 14.3 Å². The maximum absolute atomic E-state index is 13.0. The van der Waals surface area contributed by atoms with E-state index in [-0.39, 0.29) is 34.6 Å². The van der Waals surface area contributed by atoms with E-state index in [0.717, 1.165) is 12.0 Å². The topological polar surface area (TPSA) is 67.4 Å². The van der Waals surface area contributed by atoms with Crippen molar-refractivity contribution in [3.05, 3.63) is 69.7 Å². The highest BCUT2D eigenvalue weighted by Crippen LogP contribution is 2.28. The first kappa shape index (κ1) is 22.6. The minimum Gasteiger partial charge on any atom is -0.373 e. The molecule has 1 aliphatic heterocycles. The Morgan fingerprint density at radius 3 is 2.50 bits per heavy atom. The average Bonchev–Trinajstić information content (AvgIpc) is 2.72. The van der Waals surface area contributed by atoms with Crippen molar-refractivity contribution in [2.45, 2.75) is 44.9 Å². The molecule has 2 N–H and O–H groups in total. The summed E-state index contributed by atoms with van der Waals surface area (Å²) >= 11 is 12.0. The third-order valence-electron chi connectivity index (χ3n) is 5.21. The molecule has 30 heavy (non-hydrogen) atoms. The summed E-state index contributed by atoms with van der Waals surface area (Å²) in [5.41, 5.74) is 1.39. The van der Waals surface area contributed by atoms with Gasteiger partial charge in [0.05, 0.1) is 16.7 Å². The molecule has 3 atom stereocenters. The maximum atomic E-state index is 13.0. The molecule has 2 aromatic rings. The Morgan fingerprint density at radius 2 is 1.83 bits per heavy atom. The minimum atomic E-state index is -0.678. The third-order valence-corrected chi connectivity index (χ3v) is 5.76. The largest absolute Gasteiger partial charge is 0.373 e. The molecular formula is C23H26Cl2N2O3. The van der Waals surface area contributed by atoms with Crippen LogP contribution >= 0.6 is 23.2 Å². The van der Waals surface area contributed by atoms with Crippen LogP contribution in [0.2, 0.25) is 10.0 Å². The monoisotopic (exact) mass is 448 g/mol. The number of hydrogen-bond acceptors (Lipinski definition) is 3. The van der Waals surface area contributed by atoms with Crippen LogP contribution in [0.4, 0.5) is 0 Å². The number of benzene rings is 2. The van der Waals surface area contributed by atoms with Crippen molar-refractivity contribution in [3.63, 3.8) is 0 Å². The number of amides is 2. The lowest BCUT2D eigenvalue weighted by molar-refractivity contribution is -0.125. The van der Waals surface area contributed by atoms with Gasteiger partial charge in [0, 0.05) is 17.7 Å². The van der Waals surface area contributed by atoms with Gasteiger partial charge in [-0.1, -0.05) is 67.4 Å². The van der Waals surface area contributed by atoms with Crippen LogP contribution in [-0.4, -0.2) is 30.5 Å². The first-order chi connectivity index (χ1) is 14.3. The van der Waals surface area contributed by atoms with Crippen LogP contribution in [0.3, 0.4) is 0 Å². The Bertz CT molecular complexity index is 889. The van der Waals surface area contributed by atoms with Gasteiger partial charge in [-0.05, 0) is 42.5 Å². The van der Waals surface area contributed by atoms with Crippen molar-refractivity contribution in [1.29, 1.82) is 0 Å². The van der Waals surface area contributed by atoms with Gasteiger partial charge < -0.3 is 15.4 Å². The quantitative estimate of drug-likeness (QED) is 0.667. The normalized spacial score (nSPS) is 19.9. The number of halogens is 2. The highest BCUT2D eigenvalue weighted by Gasteiger charge is 2.30. The van der Waals surface area contributed by atoms with Gasteiger partial charge in [-0.3, -0.25) is 9.59 Å². The second-order valence-electron chi connectivity index (χ2n) is 7.82. The van der Waals surface area contributed by atoms with Gasteiger partial charge in [0.1, 0.15) is 6.04 Å². The highest BCUT2D eigenvalue weighted by molar-refractivity contribution is 6.36. The first-order valence-corrected chi connectivity index (χ1v) is 10.8. The number of carbonyl (C=O) groups is 2. The van der Waals surface area contributed by atoms with E-state index in [9.17, 15) is 9.59 Å². The van der Waals surface area contributed by atoms with Crippen molar-refractivity contribution in [1.82, 2.24) is 10.6 Å². The van der Waals surface area contributed by atoms with Crippen molar-refractivity contribution in [3.8, 4) is 0 Å². The van der Waals surface area contributed by atoms with E-state index >= 15 is 0 Å². The van der Waals surface area contributed by atoms with Crippen molar-refractivity contribution >= 4 is 35.0 Å². The molecule has 0 aromatic heterocycles. The zero-order valence-corrected chi connectivity index (χ0v) is 18.5. The summed E-state index contributed by atoms with van der Waals surface area (Å²) in [4.78, 5) is 25.7. The molecule has 3 unspecified atom stereocenters. The fourth-order valence-electron chi connectivity index (χ4n) is 3.55. The molecule has 1 fully saturated rings. The van der Waals surface area contributed by atoms with E-state index in [1.807, 2.05) is 44.2 Å². The van der Waals surface area contributed by atoms with E-state index in [1.54, 1.807) is 12.1 Å². The molecule has 2 aromatic carbocycles. The molecule has 5 nitrogen and oxygen atoms in total. The maximum Gasteiger partial charge on any atom is 0.253 e. The second-order valence-corrected chi connectivity index (χ2v) is 8.66. The molecule has 0 bridgehead atoms. The predicted molar refractivity (Wildman–Crippen MR) is 119 cm³/mol. The molecule has 1 aliphatic rings. The summed E-state index contributed by atoms with van der Waals surface area (Å²) in [6, 6.07) is 13.9. The van der Waals surface area contributed by atoms with Crippen LogP contribution < -0.4 is 10.6 Å². The Balaban J connectivity index is 1.64. The average molecular weight is 449 g/mol. The summed E-state index contributed by atoms with van der Waals surface area (Å²) in [5.74, 6) is -0.702. The highest BCUT2D eigenvalue weighted by atomic mass is 35.5. The van der Waals surface area contributed by atoms with E-state index in [1.165, 1.54) is 6.07 Å². The van der Waals surface area contributed by atoms with Gasteiger partial charge in [-0.25, -0.2) is 0 Å². The van der Waals surface area contributed by atoms with Gasteiger partial charge in [0.25, 0.3) is 5.91 Å². The number of hydrogen-bond donors (Lipinski definition) is 2. The Kier molecular flexibility index (Phi) is 7.75. The molecule has 1 saturated heterocycles. The van der Waals surface area contributed by atoms with Gasteiger partial charge in [-0.2, -0.15) is 0 Å². The molecular weight excluding hydrogens is 423 g/mol. The Morgan fingerprint density at radius 1 is 1.10 bits per heavy atom. The van der Waals surface area contributed by atoms with Crippen LogP contribution in [0.1, 0.15) is 48.7 Å². The van der Waals surface area contributed by atoms with E-state index in [0.29, 0.717) is 18.1 Å². The summed E-state index contributed by atoms with van der Waals surface area (Å²) < 4.78 is 5.88. The second kappa shape index (κ2) is 10.3. The smallest absolute Gasteiger partial charge is 0.253 e. The number of nitrogens with one attached hydrogen (secondary N) is 2. The van der Waals surface area contributed by atoms with Gasteiger partial charge in [0.2, 0.25) is 5.91 Å². The van der Waals surface area contributed by atoms with E-state index in [2.05, 4.69) is 10.6 Å². The zero-order chi connectivity index (χ0) is 21.7. The molecule has 2 amide bonds. The molecule has 0 saturated carbocycles. The lowest BCUT2D eigenvalue weighted by atomic mass is 9.96. The summed E-state index contributed by atoms with van der Waals surface area (Å²) in [6.45, 7) is 4.36. The van der Waals surface area contributed by atoms with Crippen LogP contribution in [0, 0.1) is 5.92 Å². The van der Waals surface area contributed by atoms with E-state index < -0.39 is 11.9 Å². The number of rotatable bonds is 6. The van der Waals surface area contributed by atoms with Gasteiger partial charge in [-0.15, -0.1) is 0 Å². The Hall–Kier alpha value is -2.08. The molecule has 0 aliphatic carbocycles. The molecule has 0 radical (unpaired) electrons. The number of ether oxygens (including phenoxy) is 1. The lowest BCUT2D eigenvalue weighted by Crippen LogP contribution is -2.53. The zero-order valence-electron chi connectivity index (χ0n) is 17.0. The predicted octanol–water partition coefficient (Wildman–Crippen LogP) is 4.78. The van der Waals surface area contributed by atoms with Crippen LogP contribution in [0.5, 0.6) is 0 Å². The summed E-state index contributed by atoms with van der Waals surface area (Å²) in [5, 5.41) is 6.60. The Labute approximate surface area is 187 Å². The molecule has 7 heteroatoms. The van der Waals surface area contributed by atoms with Crippen molar-refractivity contribution in [2.24, 2.45) is 5.92 Å². The molecule has 1 heterocycles.